The Morgan fingerprint density at radius 3 is 2.52 bits per heavy atom. The van der Waals surface area contributed by atoms with Crippen LogP contribution < -0.4 is 10.1 Å². The number of carbonyl (C=O) groups excluding carboxylic acids is 1. The average Bonchev–Trinajstić information content (AvgIpc) is 2.83. The summed E-state index contributed by atoms with van der Waals surface area (Å²) >= 11 is 0. The molecule has 3 aromatic rings. The molecule has 0 radical (unpaired) electrons. The van der Waals surface area contributed by atoms with Gasteiger partial charge in [0.1, 0.15) is 24.2 Å². The molecule has 1 heterocycles. The molecule has 1 aliphatic rings. The minimum absolute atomic E-state index is 0.0777. The molecule has 1 N–H and O–H groups in total. The van der Waals surface area contributed by atoms with Crippen molar-refractivity contribution in [3.63, 3.8) is 0 Å². The van der Waals surface area contributed by atoms with E-state index in [2.05, 4.69) is 5.32 Å². The summed E-state index contributed by atoms with van der Waals surface area (Å²) in [5.41, 5.74) is 3.20. The van der Waals surface area contributed by atoms with Gasteiger partial charge in [0.2, 0.25) is 15.9 Å². The van der Waals surface area contributed by atoms with E-state index in [-0.39, 0.29) is 24.7 Å². The van der Waals surface area contributed by atoms with Crippen molar-refractivity contribution in [2.24, 2.45) is 0 Å². The molecule has 0 unspecified atom stereocenters. The first-order valence-electron chi connectivity index (χ1n) is 10.7. The number of carbonyl (C=O) groups is 1. The molecular weight excluding hydrogens is 443 g/mol. The van der Waals surface area contributed by atoms with Crippen LogP contribution in [-0.2, 0) is 34.4 Å². The molecule has 6 nitrogen and oxygen atoms in total. The summed E-state index contributed by atoms with van der Waals surface area (Å²) in [6.45, 7) is 2.00. The highest BCUT2D eigenvalue weighted by atomic mass is 32.2. The molecule has 0 spiro atoms. The van der Waals surface area contributed by atoms with Gasteiger partial charge in [-0.15, -0.1) is 0 Å². The molecule has 33 heavy (non-hydrogen) atoms. The number of ether oxygens (including phenoxy) is 1. The number of sulfonamides is 1. The molecule has 1 amide bonds. The third-order valence-corrected chi connectivity index (χ3v) is 7.48. The smallest absolute Gasteiger partial charge is 0.243 e. The van der Waals surface area contributed by atoms with Crippen molar-refractivity contribution in [2.75, 3.05) is 11.1 Å². The third-order valence-electron chi connectivity index (χ3n) is 5.65. The van der Waals surface area contributed by atoms with Gasteiger partial charge in [-0.05, 0) is 54.3 Å². The first-order chi connectivity index (χ1) is 15.9. The standard InChI is InChI=1S/C25H25FN2O4S/c1-2-33(30,31)28-16-20-7-4-3-6-19(20)14-24(28)25(29)27-22-8-5-9-23(15-22)32-17-18-10-12-21(26)13-11-18/h3-13,15,24H,2,14,16-17H2,1H3,(H,27,29)/t24-/m1/s1. The minimum Gasteiger partial charge on any atom is -0.489 e. The quantitative estimate of drug-likeness (QED) is 0.566. The number of hydrogen-bond donors (Lipinski definition) is 1. The lowest BCUT2D eigenvalue weighted by Gasteiger charge is -2.34. The average molecular weight is 469 g/mol. The summed E-state index contributed by atoms with van der Waals surface area (Å²) in [7, 11) is -3.58. The Labute approximate surface area is 193 Å². The van der Waals surface area contributed by atoms with E-state index in [1.807, 2.05) is 24.3 Å². The fourth-order valence-corrected chi connectivity index (χ4v) is 5.04. The molecule has 0 saturated heterocycles. The number of nitrogens with one attached hydrogen (secondary N) is 1. The van der Waals surface area contributed by atoms with Gasteiger partial charge in [0.15, 0.2) is 0 Å². The Morgan fingerprint density at radius 2 is 1.79 bits per heavy atom. The lowest BCUT2D eigenvalue weighted by atomic mass is 9.95. The van der Waals surface area contributed by atoms with Gasteiger partial charge in [-0.1, -0.05) is 42.5 Å². The Hall–Kier alpha value is -3.23. The SMILES string of the molecule is CCS(=O)(=O)N1Cc2ccccc2C[C@@H]1C(=O)Nc1cccc(OCc2ccc(F)cc2)c1. The maximum absolute atomic E-state index is 13.2. The zero-order valence-corrected chi connectivity index (χ0v) is 19.0. The van der Waals surface area contributed by atoms with Gasteiger partial charge in [0.05, 0.1) is 5.75 Å². The van der Waals surface area contributed by atoms with Crippen LogP contribution in [0.2, 0.25) is 0 Å². The van der Waals surface area contributed by atoms with E-state index in [0.29, 0.717) is 17.9 Å². The van der Waals surface area contributed by atoms with Crippen molar-refractivity contribution in [1.29, 1.82) is 0 Å². The van der Waals surface area contributed by atoms with Gasteiger partial charge in [0.25, 0.3) is 0 Å². The Bertz CT molecular complexity index is 1250. The molecule has 0 fully saturated rings. The molecule has 0 saturated carbocycles. The van der Waals surface area contributed by atoms with Gasteiger partial charge in [0, 0.05) is 18.3 Å². The van der Waals surface area contributed by atoms with Gasteiger partial charge >= 0.3 is 0 Å². The largest absolute Gasteiger partial charge is 0.489 e. The second-order valence-electron chi connectivity index (χ2n) is 7.87. The van der Waals surface area contributed by atoms with E-state index in [1.165, 1.54) is 16.4 Å². The number of benzene rings is 3. The van der Waals surface area contributed by atoms with Crippen LogP contribution >= 0.6 is 0 Å². The van der Waals surface area contributed by atoms with Crippen LogP contribution in [0.5, 0.6) is 5.75 Å². The topological polar surface area (TPSA) is 75.7 Å². The van der Waals surface area contributed by atoms with Gasteiger partial charge in [-0.25, -0.2) is 12.8 Å². The molecule has 1 atom stereocenters. The normalized spacial score (nSPS) is 16.1. The third kappa shape index (κ3) is 5.40. The number of halogens is 1. The second kappa shape index (κ2) is 9.72. The fraction of sp³-hybridized carbons (Fsp3) is 0.240. The van der Waals surface area contributed by atoms with Crippen molar-refractivity contribution in [3.05, 3.63) is 95.3 Å². The Morgan fingerprint density at radius 1 is 1.06 bits per heavy atom. The maximum Gasteiger partial charge on any atom is 0.243 e. The summed E-state index contributed by atoms with van der Waals surface area (Å²) in [6.07, 6.45) is 0.308. The van der Waals surface area contributed by atoms with Crippen molar-refractivity contribution in [1.82, 2.24) is 4.31 Å². The summed E-state index contributed by atoms with van der Waals surface area (Å²) < 4.78 is 45.6. The lowest BCUT2D eigenvalue weighted by Crippen LogP contribution is -2.51. The number of nitrogens with zero attached hydrogens (tertiary/aromatic N) is 1. The van der Waals surface area contributed by atoms with E-state index in [0.717, 1.165) is 16.7 Å². The Balaban J connectivity index is 1.49. The number of rotatable bonds is 7. The van der Waals surface area contributed by atoms with Crippen LogP contribution in [0.15, 0.2) is 72.8 Å². The monoisotopic (exact) mass is 468 g/mol. The molecule has 0 bridgehead atoms. The summed E-state index contributed by atoms with van der Waals surface area (Å²) in [6, 6.07) is 19.7. The molecule has 0 aromatic heterocycles. The highest BCUT2D eigenvalue weighted by molar-refractivity contribution is 7.89. The van der Waals surface area contributed by atoms with Crippen molar-refractivity contribution in [3.8, 4) is 5.75 Å². The minimum atomic E-state index is -3.58. The number of anilines is 1. The number of hydrogen-bond acceptors (Lipinski definition) is 4. The zero-order chi connectivity index (χ0) is 23.4. The van der Waals surface area contributed by atoms with Gasteiger partial charge < -0.3 is 10.1 Å². The van der Waals surface area contributed by atoms with Crippen LogP contribution in [0.1, 0.15) is 23.6 Å². The van der Waals surface area contributed by atoms with Crippen LogP contribution in [0, 0.1) is 5.82 Å². The number of fused-ring (bicyclic) bond motifs is 1. The van der Waals surface area contributed by atoms with Crippen molar-refractivity contribution >= 4 is 21.6 Å². The highest BCUT2D eigenvalue weighted by Gasteiger charge is 2.37. The Kier molecular flexibility index (Phi) is 6.76. The van der Waals surface area contributed by atoms with E-state index in [1.54, 1.807) is 43.3 Å². The molecule has 4 rings (SSSR count). The summed E-state index contributed by atoms with van der Waals surface area (Å²) in [5.74, 6) is -0.250. The van der Waals surface area contributed by atoms with Crippen LogP contribution in [0.25, 0.3) is 0 Å². The van der Waals surface area contributed by atoms with Crippen LogP contribution in [-0.4, -0.2) is 30.4 Å². The first-order valence-corrected chi connectivity index (χ1v) is 12.3. The molecular formula is C25H25FN2O4S. The van der Waals surface area contributed by atoms with Gasteiger partial charge in [-0.3, -0.25) is 4.79 Å². The highest BCUT2D eigenvalue weighted by Crippen LogP contribution is 2.27. The fourth-order valence-electron chi connectivity index (χ4n) is 3.82. The molecule has 0 aliphatic carbocycles. The van der Waals surface area contributed by atoms with E-state index < -0.39 is 22.0 Å². The molecule has 8 heteroatoms. The van der Waals surface area contributed by atoms with Crippen LogP contribution in [0.4, 0.5) is 10.1 Å². The maximum atomic E-state index is 13.2. The zero-order valence-electron chi connectivity index (χ0n) is 18.2. The van der Waals surface area contributed by atoms with Crippen molar-refractivity contribution in [2.45, 2.75) is 32.5 Å². The second-order valence-corrected chi connectivity index (χ2v) is 10.1. The van der Waals surface area contributed by atoms with E-state index in [4.69, 9.17) is 4.74 Å². The predicted octanol–water partition coefficient (Wildman–Crippen LogP) is 4.12. The lowest BCUT2D eigenvalue weighted by molar-refractivity contribution is -0.120. The van der Waals surface area contributed by atoms with E-state index >= 15 is 0 Å². The van der Waals surface area contributed by atoms with Crippen molar-refractivity contribution < 1.29 is 22.3 Å². The summed E-state index contributed by atoms with van der Waals surface area (Å²) in [4.78, 5) is 13.2. The predicted molar refractivity (Wildman–Crippen MR) is 125 cm³/mol. The van der Waals surface area contributed by atoms with Gasteiger partial charge in [-0.2, -0.15) is 4.31 Å². The van der Waals surface area contributed by atoms with E-state index in [9.17, 15) is 17.6 Å². The molecule has 3 aromatic carbocycles. The summed E-state index contributed by atoms with van der Waals surface area (Å²) in [5, 5.41) is 2.84. The molecule has 1 aliphatic heterocycles. The molecule has 172 valence electrons. The first kappa shape index (κ1) is 22.9. The van der Waals surface area contributed by atoms with Crippen LogP contribution in [0.3, 0.4) is 0 Å². The number of amides is 1.